The van der Waals surface area contributed by atoms with Crippen molar-refractivity contribution in [3.63, 3.8) is 0 Å². The Morgan fingerprint density at radius 1 is 1.06 bits per heavy atom. The third-order valence-electron chi connectivity index (χ3n) is 3.11. The molecule has 0 unspecified atom stereocenters. The number of rotatable bonds is 1. The third kappa shape index (κ3) is 3.09. The number of nitrogens with two attached hydrogens (primary N) is 1. The lowest BCUT2D eigenvalue weighted by Crippen LogP contribution is -2.11. The molecule has 0 aliphatic heterocycles. The van der Waals surface area contributed by atoms with Crippen LogP contribution < -0.4 is 5.73 Å². The zero-order valence-corrected chi connectivity index (χ0v) is 10.4. The van der Waals surface area contributed by atoms with Crippen molar-refractivity contribution in [3.8, 4) is 0 Å². The first kappa shape index (κ1) is 12.6. The number of benzene rings is 1. The van der Waals surface area contributed by atoms with Crippen LogP contribution in [0, 0.1) is 0 Å². The van der Waals surface area contributed by atoms with Gasteiger partial charge >= 0.3 is 0 Å². The van der Waals surface area contributed by atoms with Crippen molar-refractivity contribution in [2.24, 2.45) is 5.73 Å². The van der Waals surface area contributed by atoms with E-state index in [1.54, 1.807) is 24.3 Å². The Balaban J connectivity index is 0.000000169. The van der Waals surface area contributed by atoms with Crippen LogP contribution in [0.3, 0.4) is 0 Å². The normalized spacial score (nSPS) is 14.9. The van der Waals surface area contributed by atoms with E-state index < -0.39 is 5.91 Å². The molecule has 18 heavy (non-hydrogen) atoms. The number of carbonyl (C=O) groups excluding carboxylic acids is 1. The number of fused-ring (bicyclic) bond motifs is 1. The van der Waals surface area contributed by atoms with E-state index in [4.69, 9.17) is 10.3 Å². The minimum absolute atomic E-state index is 0.186. The smallest absolute Gasteiger partial charge is 0.271 e. The molecule has 1 fully saturated rings. The largest absolute Gasteiger partial charge is 0.364 e. The van der Waals surface area contributed by atoms with E-state index in [0.29, 0.717) is 11.0 Å². The molecule has 1 saturated carbocycles. The third-order valence-corrected chi connectivity index (χ3v) is 3.11. The highest BCUT2D eigenvalue weighted by molar-refractivity contribution is 6.03. The lowest BCUT2D eigenvalue weighted by molar-refractivity contribution is 0.0993. The van der Waals surface area contributed by atoms with Crippen LogP contribution in [-0.4, -0.2) is 11.1 Å². The minimum atomic E-state index is -0.569. The van der Waals surface area contributed by atoms with Gasteiger partial charge in [-0.2, -0.15) is 0 Å². The Kier molecular flexibility index (Phi) is 4.34. The van der Waals surface area contributed by atoms with Gasteiger partial charge < -0.3 is 10.3 Å². The van der Waals surface area contributed by atoms with E-state index in [1.165, 1.54) is 38.5 Å². The summed E-state index contributed by atoms with van der Waals surface area (Å²) in [5, 5.41) is 4.20. The molecule has 1 aromatic heterocycles. The van der Waals surface area contributed by atoms with Gasteiger partial charge in [-0.15, -0.1) is 0 Å². The summed E-state index contributed by atoms with van der Waals surface area (Å²) in [4.78, 5) is 10.8. The van der Waals surface area contributed by atoms with Gasteiger partial charge in [-0.25, -0.2) is 0 Å². The molecule has 4 heteroatoms. The highest BCUT2D eigenvalue weighted by Crippen LogP contribution is 2.16. The van der Waals surface area contributed by atoms with Gasteiger partial charge in [0.25, 0.3) is 5.91 Å². The number of primary amides is 1. The molecule has 1 aromatic carbocycles. The number of para-hydroxylation sites is 1. The Labute approximate surface area is 106 Å². The van der Waals surface area contributed by atoms with Gasteiger partial charge in [-0.1, -0.05) is 55.8 Å². The second kappa shape index (κ2) is 6.19. The quantitative estimate of drug-likeness (QED) is 0.839. The molecule has 0 saturated heterocycles. The van der Waals surface area contributed by atoms with Crippen molar-refractivity contribution in [2.75, 3.05) is 0 Å². The number of hydrogen-bond donors (Lipinski definition) is 1. The van der Waals surface area contributed by atoms with Crippen molar-refractivity contribution in [2.45, 2.75) is 38.5 Å². The van der Waals surface area contributed by atoms with Gasteiger partial charge in [0, 0.05) is 0 Å². The second-order valence-corrected chi connectivity index (χ2v) is 4.51. The zero-order valence-electron chi connectivity index (χ0n) is 10.4. The summed E-state index contributed by atoms with van der Waals surface area (Å²) >= 11 is 0. The highest BCUT2D eigenvalue weighted by Gasteiger charge is 2.11. The first-order chi connectivity index (χ1) is 8.79. The molecule has 2 N–H and O–H groups in total. The molecule has 0 bridgehead atoms. The average Bonchev–Trinajstić information content (AvgIpc) is 2.85. The molecule has 0 radical (unpaired) electrons. The van der Waals surface area contributed by atoms with E-state index in [0.717, 1.165) is 0 Å². The van der Waals surface area contributed by atoms with E-state index in [1.807, 2.05) is 0 Å². The highest BCUT2D eigenvalue weighted by atomic mass is 16.5. The molecule has 1 aliphatic rings. The van der Waals surface area contributed by atoms with Crippen LogP contribution in [0.25, 0.3) is 11.0 Å². The Morgan fingerprint density at radius 3 is 2.17 bits per heavy atom. The van der Waals surface area contributed by atoms with Crippen LogP contribution >= 0.6 is 0 Å². The van der Waals surface area contributed by atoms with Crippen LogP contribution in [0.4, 0.5) is 0 Å². The van der Waals surface area contributed by atoms with Crippen molar-refractivity contribution in [1.82, 2.24) is 5.16 Å². The first-order valence-corrected chi connectivity index (χ1v) is 6.43. The maximum atomic E-state index is 10.8. The zero-order chi connectivity index (χ0) is 12.8. The topological polar surface area (TPSA) is 69.1 Å². The monoisotopic (exact) mass is 246 g/mol. The Bertz CT molecular complexity index is 504. The molecule has 2 aromatic rings. The van der Waals surface area contributed by atoms with Crippen molar-refractivity contribution in [3.05, 3.63) is 30.0 Å². The molecule has 1 heterocycles. The van der Waals surface area contributed by atoms with Gasteiger partial charge in [0.1, 0.15) is 0 Å². The van der Waals surface area contributed by atoms with Crippen molar-refractivity contribution >= 4 is 16.9 Å². The Morgan fingerprint density at radius 2 is 1.61 bits per heavy atom. The van der Waals surface area contributed by atoms with Gasteiger partial charge in [0.2, 0.25) is 0 Å². The lowest BCUT2D eigenvalue weighted by atomic mass is 10.0. The molecule has 96 valence electrons. The summed E-state index contributed by atoms with van der Waals surface area (Å²) < 4.78 is 4.86. The summed E-state index contributed by atoms with van der Waals surface area (Å²) in [6.07, 6.45) is 9.00. The fourth-order valence-electron chi connectivity index (χ4n) is 2.12. The summed E-state index contributed by atoms with van der Waals surface area (Å²) in [6.45, 7) is 0. The number of carbonyl (C=O) groups is 1. The van der Waals surface area contributed by atoms with Gasteiger partial charge in [0.05, 0.1) is 5.39 Å². The lowest BCUT2D eigenvalue weighted by Gasteiger charge is -2.05. The number of aromatic nitrogens is 1. The maximum Gasteiger partial charge on any atom is 0.271 e. The molecule has 1 amide bonds. The molecule has 4 nitrogen and oxygen atoms in total. The van der Waals surface area contributed by atoms with Gasteiger partial charge in [-0.05, 0) is 12.1 Å². The standard InChI is InChI=1S/C8H6N2O2.C6H12/c9-8(11)7-5-3-1-2-4-6(5)12-10-7;1-2-4-6-5-3-1/h1-4H,(H2,9,11);1-6H2. The van der Waals surface area contributed by atoms with Crippen LogP contribution in [0.2, 0.25) is 0 Å². The number of amides is 1. The van der Waals surface area contributed by atoms with Gasteiger partial charge in [-0.3, -0.25) is 4.79 Å². The molecule has 0 atom stereocenters. The SMILES string of the molecule is C1CCCCC1.NC(=O)c1noc2ccccc12. The van der Waals surface area contributed by atoms with E-state index in [2.05, 4.69) is 5.16 Å². The van der Waals surface area contributed by atoms with E-state index in [9.17, 15) is 4.79 Å². The van der Waals surface area contributed by atoms with E-state index in [-0.39, 0.29) is 5.69 Å². The predicted octanol–water partition coefficient (Wildman–Crippen LogP) is 3.27. The maximum absolute atomic E-state index is 10.8. The molecule has 1 aliphatic carbocycles. The molecule has 0 spiro atoms. The summed E-state index contributed by atoms with van der Waals surface area (Å²) in [5.41, 5.74) is 5.82. The summed E-state index contributed by atoms with van der Waals surface area (Å²) in [7, 11) is 0. The van der Waals surface area contributed by atoms with Crippen molar-refractivity contribution in [1.29, 1.82) is 0 Å². The fraction of sp³-hybridized carbons (Fsp3) is 0.429. The second-order valence-electron chi connectivity index (χ2n) is 4.51. The molecular formula is C14H18N2O2. The molecular weight excluding hydrogens is 228 g/mol. The van der Waals surface area contributed by atoms with Gasteiger partial charge in [0.15, 0.2) is 11.3 Å². The van der Waals surface area contributed by atoms with Crippen LogP contribution in [0.1, 0.15) is 49.0 Å². The van der Waals surface area contributed by atoms with Crippen molar-refractivity contribution < 1.29 is 9.32 Å². The van der Waals surface area contributed by atoms with E-state index >= 15 is 0 Å². The molecule has 3 rings (SSSR count). The summed E-state index contributed by atoms with van der Waals surface area (Å²) in [6, 6.07) is 7.07. The Hall–Kier alpha value is -1.84. The van der Waals surface area contributed by atoms with Crippen LogP contribution in [-0.2, 0) is 0 Å². The number of nitrogens with zero attached hydrogens (tertiary/aromatic N) is 1. The average molecular weight is 246 g/mol. The fourth-order valence-corrected chi connectivity index (χ4v) is 2.12. The first-order valence-electron chi connectivity index (χ1n) is 6.43. The van der Waals surface area contributed by atoms with Crippen LogP contribution in [0.5, 0.6) is 0 Å². The van der Waals surface area contributed by atoms with Crippen LogP contribution in [0.15, 0.2) is 28.8 Å². The predicted molar refractivity (Wildman–Crippen MR) is 70.2 cm³/mol. The number of hydrogen-bond acceptors (Lipinski definition) is 3. The summed E-state index contributed by atoms with van der Waals surface area (Å²) in [5.74, 6) is -0.569. The minimum Gasteiger partial charge on any atom is -0.364 e.